The van der Waals surface area contributed by atoms with Gasteiger partial charge in [-0.2, -0.15) is 13.2 Å². The van der Waals surface area contributed by atoms with Gasteiger partial charge in [-0.15, -0.1) is 0 Å². The second-order valence-electron chi connectivity index (χ2n) is 4.31. The quantitative estimate of drug-likeness (QED) is 0.681. The second-order valence-corrected chi connectivity index (χ2v) is 4.31. The first-order chi connectivity index (χ1) is 8.36. The maximum absolute atomic E-state index is 12.6. The zero-order valence-corrected chi connectivity index (χ0v) is 10.1. The van der Waals surface area contributed by atoms with Crippen molar-refractivity contribution in [2.24, 2.45) is 0 Å². The third kappa shape index (κ3) is 2.73. The highest BCUT2D eigenvalue weighted by Crippen LogP contribution is 2.32. The van der Waals surface area contributed by atoms with E-state index in [1.54, 1.807) is 6.07 Å². The molecule has 2 aromatic carbocycles. The van der Waals surface area contributed by atoms with Crippen molar-refractivity contribution in [2.45, 2.75) is 20.0 Å². The first-order valence-electron chi connectivity index (χ1n) is 5.54. The molecular weight excluding hydrogens is 237 g/mol. The number of halogens is 3. The van der Waals surface area contributed by atoms with E-state index in [2.05, 4.69) is 6.07 Å². The molecule has 93 valence electrons. The number of alkyl halides is 3. The van der Waals surface area contributed by atoms with E-state index < -0.39 is 11.7 Å². The van der Waals surface area contributed by atoms with Crippen molar-refractivity contribution >= 4 is 0 Å². The second kappa shape index (κ2) is 4.48. The minimum atomic E-state index is -4.30. The van der Waals surface area contributed by atoms with Gasteiger partial charge in [-0.3, -0.25) is 0 Å². The summed E-state index contributed by atoms with van der Waals surface area (Å²) >= 11 is 0. The Kier molecular flexibility index (Phi) is 3.16. The Balaban J connectivity index is 2.51. The molecule has 18 heavy (non-hydrogen) atoms. The predicted octanol–water partition coefficient (Wildman–Crippen LogP) is 4.79. The summed E-state index contributed by atoms with van der Waals surface area (Å²) in [4.78, 5) is 0. The van der Waals surface area contributed by atoms with Crippen LogP contribution in [0.1, 0.15) is 16.7 Å². The van der Waals surface area contributed by atoms with E-state index in [9.17, 15) is 13.2 Å². The first kappa shape index (κ1) is 12.7. The van der Waals surface area contributed by atoms with Crippen LogP contribution in [0, 0.1) is 19.9 Å². The van der Waals surface area contributed by atoms with Gasteiger partial charge in [0.1, 0.15) is 0 Å². The predicted molar refractivity (Wildman–Crippen MR) is 65.2 cm³/mol. The van der Waals surface area contributed by atoms with Crippen molar-refractivity contribution in [3.05, 3.63) is 59.2 Å². The number of hydrogen-bond acceptors (Lipinski definition) is 0. The highest BCUT2D eigenvalue weighted by atomic mass is 19.4. The molecule has 0 unspecified atom stereocenters. The van der Waals surface area contributed by atoms with Gasteiger partial charge in [0.05, 0.1) is 5.56 Å². The molecule has 0 aliphatic rings. The third-order valence-corrected chi connectivity index (χ3v) is 2.66. The zero-order valence-electron chi connectivity index (χ0n) is 10.1. The molecule has 0 saturated heterocycles. The summed E-state index contributed by atoms with van der Waals surface area (Å²) in [5.41, 5.74) is 2.58. The number of benzene rings is 2. The van der Waals surface area contributed by atoms with Crippen molar-refractivity contribution in [3.63, 3.8) is 0 Å². The molecule has 0 N–H and O–H groups in total. The molecule has 0 heterocycles. The van der Waals surface area contributed by atoms with E-state index in [0.29, 0.717) is 5.56 Å². The lowest BCUT2D eigenvalue weighted by Crippen LogP contribution is -2.04. The van der Waals surface area contributed by atoms with Crippen molar-refractivity contribution in [2.75, 3.05) is 0 Å². The van der Waals surface area contributed by atoms with Crippen LogP contribution < -0.4 is 0 Å². The van der Waals surface area contributed by atoms with Crippen LogP contribution in [0.3, 0.4) is 0 Å². The smallest absolute Gasteiger partial charge is 0.166 e. The summed E-state index contributed by atoms with van der Waals surface area (Å²) in [6, 6.07) is 12.1. The van der Waals surface area contributed by atoms with Crippen molar-refractivity contribution in [1.29, 1.82) is 0 Å². The maximum Gasteiger partial charge on any atom is 0.416 e. The fourth-order valence-electron chi connectivity index (χ4n) is 1.93. The Hall–Kier alpha value is -1.77. The topological polar surface area (TPSA) is 0 Å². The normalized spacial score (nSPS) is 11.6. The first-order valence-corrected chi connectivity index (χ1v) is 5.54. The minimum absolute atomic E-state index is 0.574. The molecule has 1 radical (unpaired) electrons. The molecule has 0 bridgehead atoms. The Labute approximate surface area is 104 Å². The minimum Gasteiger partial charge on any atom is -0.166 e. The molecule has 3 heteroatoms. The molecule has 0 fully saturated rings. The van der Waals surface area contributed by atoms with Crippen LogP contribution in [0.2, 0.25) is 0 Å². The number of aryl methyl sites for hydroxylation is 2. The van der Waals surface area contributed by atoms with E-state index in [0.717, 1.165) is 22.8 Å². The molecule has 0 amide bonds. The van der Waals surface area contributed by atoms with Crippen molar-refractivity contribution < 1.29 is 13.2 Å². The highest BCUT2D eigenvalue weighted by Gasteiger charge is 2.30. The van der Waals surface area contributed by atoms with Gasteiger partial charge in [0.15, 0.2) is 0 Å². The molecule has 0 nitrogen and oxygen atoms in total. The van der Waals surface area contributed by atoms with Gasteiger partial charge in [0, 0.05) is 0 Å². The van der Waals surface area contributed by atoms with Gasteiger partial charge in [-0.05, 0) is 54.3 Å². The summed E-state index contributed by atoms with van der Waals surface area (Å²) in [7, 11) is 0. The van der Waals surface area contributed by atoms with Gasteiger partial charge in [-0.25, -0.2) is 0 Å². The Morgan fingerprint density at radius 1 is 0.889 bits per heavy atom. The van der Waals surface area contributed by atoms with Crippen LogP contribution in [0.15, 0.2) is 36.4 Å². The fraction of sp³-hybridized carbons (Fsp3) is 0.200. The lowest BCUT2D eigenvalue weighted by molar-refractivity contribution is -0.137. The number of hydrogen-bond donors (Lipinski definition) is 0. The third-order valence-electron chi connectivity index (χ3n) is 2.66. The lowest BCUT2D eigenvalue weighted by atomic mass is 9.99. The Bertz CT molecular complexity index is 548. The van der Waals surface area contributed by atoms with Crippen molar-refractivity contribution in [1.82, 2.24) is 0 Å². The summed E-state index contributed by atoms with van der Waals surface area (Å²) in [5.74, 6) is 0. The zero-order chi connectivity index (χ0) is 13.3. The molecule has 0 spiro atoms. The number of rotatable bonds is 1. The van der Waals surface area contributed by atoms with Gasteiger partial charge >= 0.3 is 6.18 Å². The molecule has 0 atom stereocenters. The van der Waals surface area contributed by atoms with Crippen LogP contribution in [0.25, 0.3) is 11.1 Å². The van der Waals surface area contributed by atoms with Gasteiger partial charge in [0.2, 0.25) is 0 Å². The average Bonchev–Trinajstić information content (AvgIpc) is 2.27. The van der Waals surface area contributed by atoms with Crippen LogP contribution in [-0.2, 0) is 6.18 Å². The lowest BCUT2D eigenvalue weighted by Gasteiger charge is -2.10. The van der Waals surface area contributed by atoms with Crippen LogP contribution in [0.5, 0.6) is 0 Å². The molecule has 2 rings (SSSR count). The molecule has 0 aliphatic carbocycles. The fourth-order valence-corrected chi connectivity index (χ4v) is 1.93. The Morgan fingerprint density at radius 3 is 2.06 bits per heavy atom. The molecule has 0 saturated carbocycles. The largest absolute Gasteiger partial charge is 0.416 e. The van der Waals surface area contributed by atoms with E-state index in [1.165, 1.54) is 12.1 Å². The average molecular weight is 249 g/mol. The van der Waals surface area contributed by atoms with Gasteiger partial charge < -0.3 is 0 Å². The van der Waals surface area contributed by atoms with Crippen LogP contribution in [-0.4, -0.2) is 0 Å². The van der Waals surface area contributed by atoms with Gasteiger partial charge in [0.25, 0.3) is 0 Å². The molecule has 2 aromatic rings. The molecule has 0 aliphatic heterocycles. The van der Waals surface area contributed by atoms with E-state index in [4.69, 9.17) is 0 Å². The SMILES string of the molecule is Cc1[c]c(C)cc(-c2cccc(C(F)(F)F)c2)c1. The van der Waals surface area contributed by atoms with Crippen molar-refractivity contribution in [3.8, 4) is 11.1 Å². The van der Waals surface area contributed by atoms with E-state index in [1.807, 2.05) is 26.0 Å². The Morgan fingerprint density at radius 2 is 1.50 bits per heavy atom. The summed E-state index contributed by atoms with van der Waals surface area (Å²) in [6.07, 6.45) is -4.30. The standard InChI is InChI=1S/C15H12F3/c1-10-6-11(2)8-13(7-10)12-4-3-5-14(9-12)15(16,17)18/h3-5,7-9H,1-2H3. The van der Waals surface area contributed by atoms with E-state index >= 15 is 0 Å². The van der Waals surface area contributed by atoms with Gasteiger partial charge in [-0.1, -0.05) is 24.3 Å². The summed E-state index contributed by atoms with van der Waals surface area (Å²) in [6.45, 7) is 3.76. The van der Waals surface area contributed by atoms with Crippen LogP contribution >= 0.6 is 0 Å². The summed E-state index contributed by atoms with van der Waals surface area (Å²) < 4.78 is 37.9. The summed E-state index contributed by atoms with van der Waals surface area (Å²) in [5, 5.41) is 0. The molecule has 0 aromatic heterocycles. The van der Waals surface area contributed by atoms with Crippen LogP contribution in [0.4, 0.5) is 13.2 Å². The monoisotopic (exact) mass is 249 g/mol. The highest BCUT2D eigenvalue weighted by molar-refractivity contribution is 5.65. The maximum atomic E-state index is 12.6. The van der Waals surface area contributed by atoms with E-state index in [-0.39, 0.29) is 0 Å². The molecular formula is C15H12F3.